The van der Waals surface area contributed by atoms with Crippen molar-refractivity contribution in [2.75, 3.05) is 6.54 Å². The molecule has 0 radical (unpaired) electrons. The molecule has 2 unspecified atom stereocenters. The van der Waals surface area contributed by atoms with Crippen molar-refractivity contribution in [2.24, 2.45) is 11.7 Å². The molecule has 2 heterocycles. The lowest BCUT2D eigenvalue weighted by Gasteiger charge is -2.36. The largest absolute Gasteiger partial charge is 0.393 e. The van der Waals surface area contributed by atoms with Crippen LogP contribution in [-0.4, -0.2) is 22.3 Å². The molecule has 104 valence electrons. The molecule has 2 atom stereocenters. The summed E-state index contributed by atoms with van der Waals surface area (Å²) in [6.45, 7) is 4.91. The fraction of sp³-hybridized carbons (Fsp3) is 0.571. The number of carbonyl (C=O) groups excluding carboxylic acids is 1. The Morgan fingerprint density at radius 1 is 1.68 bits per heavy atom. The maximum Gasteiger partial charge on any atom is 0.233 e. The predicted molar refractivity (Wildman–Crippen MR) is 83.3 cm³/mol. The van der Waals surface area contributed by atoms with Crippen LogP contribution in [0.15, 0.2) is 11.4 Å². The zero-order valence-electron chi connectivity index (χ0n) is 11.4. The zero-order valence-corrected chi connectivity index (χ0v) is 13.0. The molecule has 1 aromatic heterocycles. The van der Waals surface area contributed by atoms with Crippen molar-refractivity contribution in [1.82, 2.24) is 4.90 Å². The van der Waals surface area contributed by atoms with Gasteiger partial charge in [0.2, 0.25) is 5.91 Å². The number of hydrogen-bond donors (Lipinski definition) is 1. The van der Waals surface area contributed by atoms with Gasteiger partial charge in [-0.05, 0) is 36.8 Å². The van der Waals surface area contributed by atoms with Crippen LogP contribution in [0.25, 0.3) is 0 Å². The number of carbonyl (C=O) groups is 1. The summed E-state index contributed by atoms with van der Waals surface area (Å²) in [5.41, 5.74) is 7.02. The number of thiocarbonyl (C=S) groups is 1. The van der Waals surface area contributed by atoms with Gasteiger partial charge in [-0.3, -0.25) is 4.79 Å². The van der Waals surface area contributed by atoms with E-state index >= 15 is 0 Å². The van der Waals surface area contributed by atoms with E-state index in [1.807, 2.05) is 4.90 Å². The van der Waals surface area contributed by atoms with E-state index in [0.717, 1.165) is 25.8 Å². The van der Waals surface area contributed by atoms with E-state index in [2.05, 4.69) is 25.3 Å². The summed E-state index contributed by atoms with van der Waals surface area (Å²) in [4.78, 5) is 16.3. The van der Waals surface area contributed by atoms with Crippen molar-refractivity contribution in [2.45, 2.75) is 39.2 Å². The Bertz CT molecular complexity index is 484. The molecule has 0 aromatic carbocycles. The summed E-state index contributed by atoms with van der Waals surface area (Å²) < 4.78 is 0. The number of thiophene rings is 1. The number of hydrogen-bond acceptors (Lipinski definition) is 3. The van der Waals surface area contributed by atoms with E-state index < -0.39 is 0 Å². The van der Waals surface area contributed by atoms with Gasteiger partial charge in [-0.1, -0.05) is 25.6 Å². The molecule has 0 spiro atoms. The monoisotopic (exact) mass is 296 g/mol. The average molecular weight is 296 g/mol. The first-order chi connectivity index (χ1) is 9.06. The van der Waals surface area contributed by atoms with Gasteiger partial charge in [-0.2, -0.15) is 0 Å². The first-order valence-electron chi connectivity index (χ1n) is 6.72. The topological polar surface area (TPSA) is 46.3 Å². The minimum absolute atomic E-state index is 0.0960. The maximum absolute atomic E-state index is 12.6. The lowest BCUT2D eigenvalue weighted by Crippen LogP contribution is -2.45. The fourth-order valence-corrected chi connectivity index (χ4v) is 3.87. The smallest absolute Gasteiger partial charge is 0.233 e. The molecule has 1 aliphatic rings. The number of nitrogens with zero attached hydrogens (tertiary/aromatic N) is 1. The highest BCUT2D eigenvalue weighted by Crippen LogP contribution is 2.34. The molecular weight excluding hydrogens is 276 g/mol. The third-order valence-corrected chi connectivity index (χ3v) is 5.06. The summed E-state index contributed by atoms with van der Waals surface area (Å²) in [6, 6.07) is 2.26. The third-order valence-electron chi connectivity index (χ3n) is 3.78. The molecule has 3 nitrogen and oxygen atoms in total. The van der Waals surface area contributed by atoms with Crippen LogP contribution in [0.5, 0.6) is 0 Å². The van der Waals surface area contributed by atoms with Crippen molar-refractivity contribution >= 4 is 34.5 Å². The van der Waals surface area contributed by atoms with Crippen LogP contribution in [-0.2, 0) is 11.2 Å². The molecule has 0 bridgehead atoms. The van der Waals surface area contributed by atoms with E-state index in [1.165, 1.54) is 10.4 Å². The number of amides is 1. The van der Waals surface area contributed by atoms with Crippen LogP contribution in [0.1, 0.15) is 43.2 Å². The zero-order chi connectivity index (χ0) is 14.0. The fourth-order valence-electron chi connectivity index (χ4n) is 2.69. The van der Waals surface area contributed by atoms with Crippen molar-refractivity contribution in [3.8, 4) is 0 Å². The van der Waals surface area contributed by atoms with Gasteiger partial charge >= 0.3 is 0 Å². The van der Waals surface area contributed by atoms with Gasteiger partial charge in [0.15, 0.2) is 0 Å². The first-order valence-corrected chi connectivity index (χ1v) is 8.01. The number of nitrogens with two attached hydrogens (primary N) is 1. The Morgan fingerprint density at radius 3 is 3.05 bits per heavy atom. The van der Waals surface area contributed by atoms with Crippen LogP contribution in [0, 0.1) is 5.92 Å². The van der Waals surface area contributed by atoms with Crippen LogP contribution in [0.2, 0.25) is 0 Å². The molecule has 1 aliphatic heterocycles. The Balaban J connectivity index is 2.18. The molecule has 2 N–H and O–H groups in total. The van der Waals surface area contributed by atoms with E-state index in [0.29, 0.717) is 4.99 Å². The maximum atomic E-state index is 12.6. The SMILES string of the molecule is CCCC(C(=O)N1CCc2sccc2C1C)C(N)=S. The predicted octanol–water partition coefficient (Wildman–Crippen LogP) is 2.90. The third kappa shape index (κ3) is 2.82. The second kappa shape index (κ2) is 6.01. The Labute approximate surface area is 123 Å². The van der Waals surface area contributed by atoms with Crippen LogP contribution < -0.4 is 5.73 Å². The Morgan fingerprint density at radius 2 is 2.42 bits per heavy atom. The molecule has 1 amide bonds. The second-order valence-corrected chi connectivity index (χ2v) is 6.47. The molecule has 0 saturated heterocycles. The summed E-state index contributed by atoms with van der Waals surface area (Å²) in [7, 11) is 0. The van der Waals surface area contributed by atoms with Crippen molar-refractivity contribution in [3.63, 3.8) is 0 Å². The van der Waals surface area contributed by atoms with Crippen molar-refractivity contribution < 1.29 is 4.79 Å². The molecule has 0 fully saturated rings. The molecule has 1 aromatic rings. The van der Waals surface area contributed by atoms with E-state index in [4.69, 9.17) is 18.0 Å². The van der Waals surface area contributed by atoms with E-state index in [-0.39, 0.29) is 17.9 Å². The standard InChI is InChI=1S/C14H20N2OS2/c1-3-4-11(13(15)18)14(17)16-7-5-12-10(9(16)2)6-8-19-12/h6,8-9,11H,3-5,7H2,1-2H3,(H2,15,18). The molecule has 0 saturated carbocycles. The summed E-state index contributed by atoms with van der Waals surface area (Å²) in [5, 5.41) is 2.10. The number of fused-ring (bicyclic) bond motifs is 1. The first kappa shape index (κ1) is 14.5. The lowest BCUT2D eigenvalue weighted by molar-refractivity contribution is -0.136. The van der Waals surface area contributed by atoms with Crippen LogP contribution in [0.3, 0.4) is 0 Å². The van der Waals surface area contributed by atoms with Gasteiger partial charge in [-0.15, -0.1) is 11.3 Å². The summed E-state index contributed by atoms with van der Waals surface area (Å²) in [5.74, 6) is -0.207. The minimum Gasteiger partial charge on any atom is -0.393 e. The summed E-state index contributed by atoms with van der Waals surface area (Å²) >= 11 is 6.84. The lowest BCUT2D eigenvalue weighted by atomic mass is 9.96. The van der Waals surface area contributed by atoms with Gasteiger partial charge in [0.1, 0.15) is 0 Å². The van der Waals surface area contributed by atoms with Crippen LogP contribution in [0.4, 0.5) is 0 Å². The van der Waals surface area contributed by atoms with E-state index in [9.17, 15) is 4.79 Å². The molecule has 2 rings (SSSR count). The van der Waals surface area contributed by atoms with Gasteiger partial charge in [0, 0.05) is 11.4 Å². The van der Waals surface area contributed by atoms with Gasteiger partial charge in [0.25, 0.3) is 0 Å². The molecule has 19 heavy (non-hydrogen) atoms. The molecule has 0 aliphatic carbocycles. The molecule has 5 heteroatoms. The minimum atomic E-state index is -0.303. The highest BCUT2D eigenvalue weighted by Gasteiger charge is 2.33. The van der Waals surface area contributed by atoms with Crippen LogP contribution >= 0.6 is 23.6 Å². The van der Waals surface area contributed by atoms with Gasteiger partial charge in [-0.25, -0.2) is 0 Å². The van der Waals surface area contributed by atoms with Gasteiger partial charge < -0.3 is 10.6 Å². The second-order valence-electron chi connectivity index (χ2n) is 5.00. The Kier molecular flexibility index (Phi) is 4.58. The van der Waals surface area contributed by atoms with Crippen molar-refractivity contribution in [1.29, 1.82) is 0 Å². The highest BCUT2D eigenvalue weighted by molar-refractivity contribution is 7.80. The number of rotatable bonds is 4. The Hall–Kier alpha value is -0.940. The molecular formula is C14H20N2OS2. The highest BCUT2D eigenvalue weighted by atomic mass is 32.1. The average Bonchev–Trinajstić information content (AvgIpc) is 2.84. The quantitative estimate of drug-likeness (QED) is 0.869. The van der Waals surface area contributed by atoms with Gasteiger partial charge in [0.05, 0.1) is 16.9 Å². The van der Waals surface area contributed by atoms with Crippen molar-refractivity contribution in [3.05, 3.63) is 21.9 Å². The normalized spacial score (nSPS) is 19.9. The summed E-state index contributed by atoms with van der Waals surface area (Å²) in [6.07, 6.45) is 2.60. The van der Waals surface area contributed by atoms with E-state index in [1.54, 1.807) is 11.3 Å².